The van der Waals surface area contributed by atoms with Gasteiger partial charge in [-0.1, -0.05) is 25.1 Å². The molecule has 20 heavy (non-hydrogen) atoms. The lowest BCUT2D eigenvalue weighted by molar-refractivity contribution is -0.142. The number of carboxylic acid groups (broad SMARTS) is 1. The van der Waals surface area contributed by atoms with E-state index >= 15 is 0 Å². The Labute approximate surface area is 117 Å². The second kappa shape index (κ2) is 7.10. The molecule has 0 aliphatic rings. The molecule has 0 amide bonds. The van der Waals surface area contributed by atoms with Gasteiger partial charge in [0.2, 0.25) is 0 Å². The van der Waals surface area contributed by atoms with Gasteiger partial charge in [0.15, 0.2) is 0 Å². The van der Waals surface area contributed by atoms with Crippen LogP contribution >= 0.6 is 0 Å². The van der Waals surface area contributed by atoms with Gasteiger partial charge in [0.1, 0.15) is 11.6 Å². The summed E-state index contributed by atoms with van der Waals surface area (Å²) in [5, 5.41) is 18.1. The van der Waals surface area contributed by atoms with Crippen LogP contribution in [0.5, 0.6) is 0 Å². The van der Waals surface area contributed by atoms with Crippen molar-refractivity contribution in [1.82, 2.24) is 0 Å². The highest BCUT2D eigenvalue weighted by atomic mass is 16.5. The fraction of sp³-hybridized carbons (Fsp3) is 0.267. The monoisotopic (exact) mass is 273 g/mol. The highest BCUT2D eigenvalue weighted by molar-refractivity contribution is 6.00. The number of ether oxygens (including phenoxy) is 1. The largest absolute Gasteiger partial charge is 0.478 e. The summed E-state index contributed by atoms with van der Waals surface area (Å²) < 4.78 is 5.05. The summed E-state index contributed by atoms with van der Waals surface area (Å²) in [5.41, 5.74) is 0.0910. The van der Waals surface area contributed by atoms with Crippen LogP contribution in [0.2, 0.25) is 0 Å². The molecular formula is C15H15NO4. The van der Waals surface area contributed by atoms with Gasteiger partial charge >= 0.3 is 11.9 Å². The zero-order chi connectivity index (χ0) is 15.1. The van der Waals surface area contributed by atoms with Gasteiger partial charge in [-0.2, -0.15) is 5.26 Å². The van der Waals surface area contributed by atoms with Gasteiger partial charge in [0.05, 0.1) is 11.7 Å². The van der Waals surface area contributed by atoms with E-state index < -0.39 is 11.9 Å². The summed E-state index contributed by atoms with van der Waals surface area (Å²) >= 11 is 0. The van der Waals surface area contributed by atoms with Crippen molar-refractivity contribution in [3.63, 3.8) is 0 Å². The molecule has 0 saturated heterocycles. The maximum absolute atomic E-state index is 11.8. The SMILES string of the molecule is CCC(C)OC(=O)C(C#N)=Cc1ccccc1C(=O)O. The van der Waals surface area contributed by atoms with E-state index in [2.05, 4.69) is 0 Å². The summed E-state index contributed by atoms with van der Waals surface area (Å²) in [7, 11) is 0. The quantitative estimate of drug-likeness (QED) is 0.506. The van der Waals surface area contributed by atoms with Gasteiger partial charge in [-0.25, -0.2) is 9.59 Å². The first-order chi connectivity index (χ1) is 9.49. The summed E-state index contributed by atoms with van der Waals surface area (Å²) in [6, 6.07) is 7.88. The average molecular weight is 273 g/mol. The van der Waals surface area contributed by atoms with Crippen LogP contribution in [0.1, 0.15) is 36.2 Å². The van der Waals surface area contributed by atoms with Crippen LogP contribution < -0.4 is 0 Å². The summed E-state index contributed by atoms with van der Waals surface area (Å²) in [6.07, 6.45) is 1.57. The first-order valence-electron chi connectivity index (χ1n) is 6.14. The molecule has 0 aromatic heterocycles. The maximum Gasteiger partial charge on any atom is 0.349 e. The Bertz CT molecular complexity index is 584. The molecule has 1 rings (SSSR count). The molecule has 0 radical (unpaired) electrons. The van der Waals surface area contributed by atoms with Gasteiger partial charge in [0, 0.05) is 0 Å². The number of esters is 1. The Hall–Kier alpha value is -2.61. The molecule has 1 aromatic rings. The maximum atomic E-state index is 11.8. The third-order valence-electron chi connectivity index (χ3n) is 2.71. The number of benzene rings is 1. The van der Waals surface area contributed by atoms with Crippen LogP contribution in [0.25, 0.3) is 6.08 Å². The fourth-order valence-corrected chi connectivity index (χ4v) is 1.44. The van der Waals surface area contributed by atoms with E-state index in [1.165, 1.54) is 18.2 Å². The molecular weight excluding hydrogens is 258 g/mol. The number of hydrogen-bond acceptors (Lipinski definition) is 4. The predicted molar refractivity (Wildman–Crippen MR) is 72.8 cm³/mol. The number of nitriles is 1. The number of aromatic carboxylic acids is 1. The van der Waals surface area contributed by atoms with Gasteiger partial charge < -0.3 is 9.84 Å². The molecule has 1 N–H and O–H groups in total. The predicted octanol–water partition coefficient (Wildman–Crippen LogP) is 2.63. The molecule has 0 aliphatic carbocycles. The molecule has 104 valence electrons. The normalized spacial score (nSPS) is 12.3. The van der Waals surface area contributed by atoms with E-state index in [1.807, 2.05) is 6.92 Å². The van der Waals surface area contributed by atoms with E-state index in [9.17, 15) is 9.59 Å². The Morgan fingerprint density at radius 1 is 1.45 bits per heavy atom. The number of carbonyl (C=O) groups is 2. The molecule has 1 aromatic carbocycles. The number of carboxylic acids is 1. The van der Waals surface area contributed by atoms with Crippen molar-refractivity contribution in [1.29, 1.82) is 5.26 Å². The number of hydrogen-bond donors (Lipinski definition) is 1. The smallest absolute Gasteiger partial charge is 0.349 e. The Kier molecular flexibility index (Phi) is 5.48. The number of rotatable bonds is 5. The Balaban J connectivity index is 3.10. The Morgan fingerprint density at radius 2 is 2.10 bits per heavy atom. The topological polar surface area (TPSA) is 87.4 Å². The van der Waals surface area contributed by atoms with E-state index in [1.54, 1.807) is 25.1 Å². The third kappa shape index (κ3) is 3.95. The molecule has 1 atom stereocenters. The average Bonchev–Trinajstić information content (AvgIpc) is 2.44. The highest BCUT2D eigenvalue weighted by Gasteiger charge is 2.15. The molecule has 5 nitrogen and oxygen atoms in total. The van der Waals surface area contributed by atoms with Gasteiger partial charge in [-0.05, 0) is 31.1 Å². The minimum Gasteiger partial charge on any atom is -0.478 e. The highest BCUT2D eigenvalue weighted by Crippen LogP contribution is 2.14. The Morgan fingerprint density at radius 3 is 2.65 bits per heavy atom. The van der Waals surface area contributed by atoms with Crippen LogP contribution in [-0.4, -0.2) is 23.1 Å². The lowest BCUT2D eigenvalue weighted by Crippen LogP contribution is -2.15. The van der Waals surface area contributed by atoms with Crippen LogP contribution in [0.15, 0.2) is 29.8 Å². The first-order valence-corrected chi connectivity index (χ1v) is 6.14. The lowest BCUT2D eigenvalue weighted by atomic mass is 10.0. The molecule has 0 bridgehead atoms. The standard InChI is InChI=1S/C15H15NO4/c1-3-10(2)20-15(19)12(9-16)8-11-6-4-5-7-13(11)14(17)18/h4-8,10H,3H2,1-2H3,(H,17,18). The van der Waals surface area contributed by atoms with Crippen LogP contribution in [0.3, 0.4) is 0 Å². The molecule has 5 heteroatoms. The van der Waals surface area contributed by atoms with Gasteiger partial charge in [-0.15, -0.1) is 0 Å². The minimum absolute atomic E-state index is 0.0246. The summed E-state index contributed by atoms with van der Waals surface area (Å²) in [4.78, 5) is 22.8. The molecule has 0 heterocycles. The van der Waals surface area contributed by atoms with Crippen molar-refractivity contribution >= 4 is 18.0 Å². The van der Waals surface area contributed by atoms with Crippen molar-refractivity contribution < 1.29 is 19.4 Å². The van der Waals surface area contributed by atoms with E-state index in [4.69, 9.17) is 15.1 Å². The number of carbonyl (C=O) groups excluding carboxylic acids is 1. The van der Waals surface area contributed by atoms with E-state index in [-0.39, 0.29) is 22.8 Å². The van der Waals surface area contributed by atoms with Crippen molar-refractivity contribution in [2.45, 2.75) is 26.4 Å². The van der Waals surface area contributed by atoms with Crippen LogP contribution in [-0.2, 0) is 9.53 Å². The molecule has 0 fully saturated rings. The number of nitrogens with zero attached hydrogens (tertiary/aromatic N) is 1. The van der Waals surface area contributed by atoms with Crippen LogP contribution in [0.4, 0.5) is 0 Å². The van der Waals surface area contributed by atoms with Crippen LogP contribution in [0, 0.1) is 11.3 Å². The zero-order valence-corrected chi connectivity index (χ0v) is 11.3. The van der Waals surface area contributed by atoms with Crippen molar-refractivity contribution in [2.24, 2.45) is 0 Å². The second-order valence-electron chi connectivity index (χ2n) is 4.19. The molecule has 0 spiro atoms. The minimum atomic E-state index is -1.12. The van der Waals surface area contributed by atoms with Crippen molar-refractivity contribution in [3.8, 4) is 6.07 Å². The van der Waals surface area contributed by atoms with Crippen molar-refractivity contribution in [2.75, 3.05) is 0 Å². The zero-order valence-electron chi connectivity index (χ0n) is 11.3. The molecule has 0 aliphatic heterocycles. The second-order valence-corrected chi connectivity index (χ2v) is 4.19. The summed E-state index contributed by atoms with van der Waals surface area (Å²) in [5.74, 6) is -1.87. The molecule has 1 unspecified atom stereocenters. The van der Waals surface area contributed by atoms with Gasteiger partial charge in [0.25, 0.3) is 0 Å². The first kappa shape index (κ1) is 15.4. The fourth-order valence-electron chi connectivity index (χ4n) is 1.44. The van der Waals surface area contributed by atoms with E-state index in [0.717, 1.165) is 0 Å². The summed E-state index contributed by atoms with van der Waals surface area (Å²) in [6.45, 7) is 3.57. The molecule has 0 saturated carbocycles. The lowest BCUT2D eigenvalue weighted by Gasteiger charge is -2.10. The third-order valence-corrected chi connectivity index (χ3v) is 2.71. The van der Waals surface area contributed by atoms with E-state index in [0.29, 0.717) is 6.42 Å². The van der Waals surface area contributed by atoms with Crippen molar-refractivity contribution in [3.05, 3.63) is 41.0 Å². The van der Waals surface area contributed by atoms with Gasteiger partial charge in [-0.3, -0.25) is 0 Å².